The van der Waals surface area contributed by atoms with Gasteiger partial charge in [0.2, 0.25) is 10.0 Å². The fraction of sp³-hybridized carbons (Fsp3) is 0.571. The second kappa shape index (κ2) is 6.03. The van der Waals surface area contributed by atoms with Crippen LogP contribution in [0.4, 0.5) is 0 Å². The van der Waals surface area contributed by atoms with Crippen LogP contribution in [0, 0.1) is 12.8 Å². The van der Waals surface area contributed by atoms with Gasteiger partial charge in [-0.05, 0) is 49.9 Å². The van der Waals surface area contributed by atoms with Gasteiger partial charge in [-0.15, -0.1) is 0 Å². The first-order chi connectivity index (χ1) is 8.97. The van der Waals surface area contributed by atoms with Crippen LogP contribution in [0.1, 0.15) is 30.0 Å². The van der Waals surface area contributed by atoms with Gasteiger partial charge in [0.1, 0.15) is 0 Å². The molecule has 1 fully saturated rings. The van der Waals surface area contributed by atoms with Crippen LogP contribution >= 0.6 is 0 Å². The Kier molecular flexibility index (Phi) is 4.60. The molecule has 0 aromatic heterocycles. The number of hydrogen-bond acceptors (Lipinski definition) is 3. The van der Waals surface area contributed by atoms with Crippen LogP contribution in [0.3, 0.4) is 0 Å². The summed E-state index contributed by atoms with van der Waals surface area (Å²) in [5, 5.41) is 3.32. The summed E-state index contributed by atoms with van der Waals surface area (Å²) in [6.45, 7) is 3.95. The van der Waals surface area contributed by atoms with Crippen molar-refractivity contribution in [2.24, 2.45) is 5.92 Å². The van der Waals surface area contributed by atoms with Crippen LogP contribution < -0.4 is 10.0 Å². The van der Waals surface area contributed by atoms with E-state index in [9.17, 15) is 8.42 Å². The van der Waals surface area contributed by atoms with E-state index in [0.29, 0.717) is 5.92 Å². The fourth-order valence-electron chi connectivity index (χ4n) is 2.76. The lowest BCUT2D eigenvalue weighted by atomic mass is 9.85. The lowest BCUT2D eigenvalue weighted by Gasteiger charge is -2.32. The summed E-state index contributed by atoms with van der Waals surface area (Å²) in [5.41, 5.74) is 2.24. The minimum atomic E-state index is -3.21. The summed E-state index contributed by atoms with van der Waals surface area (Å²) in [5.74, 6) is 0.358. The van der Waals surface area contributed by atoms with E-state index in [-0.39, 0.29) is 6.04 Å². The van der Waals surface area contributed by atoms with E-state index in [1.165, 1.54) is 6.26 Å². The van der Waals surface area contributed by atoms with Crippen molar-refractivity contribution >= 4 is 10.0 Å². The zero-order chi connectivity index (χ0) is 13.9. The van der Waals surface area contributed by atoms with Gasteiger partial charge in [-0.2, -0.15) is 0 Å². The van der Waals surface area contributed by atoms with Crippen LogP contribution in [0.5, 0.6) is 0 Å². The number of nitrogens with one attached hydrogen (secondary N) is 2. The van der Waals surface area contributed by atoms with Crippen molar-refractivity contribution in [2.75, 3.05) is 19.3 Å². The summed E-state index contributed by atoms with van der Waals surface area (Å²) in [6, 6.07) is 7.91. The van der Waals surface area contributed by atoms with Crippen LogP contribution in [0.15, 0.2) is 24.3 Å². The molecule has 0 saturated carbocycles. The SMILES string of the molecule is Cc1ccccc1C(NS(C)(=O)=O)C1CCNCC1. The highest BCUT2D eigenvalue weighted by atomic mass is 32.2. The summed E-state index contributed by atoms with van der Waals surface area (Å²) in [6.07, 6.45) is 3.24. The molecule has 1 aliphatic heterocycles. The first kappa shape index (κ1) is 14.5. The van der Waals surface area contributed by atoms with Crippen molar-refractivity contribution in [1.29, 1.82) is 0 Å². The smallest absolute Gasteiger partial charge is 0.209 e. The number of piperidine rings is 1. The third-order valence-electron chi connectivity index (χ3n) is 3.72. The summed E-state index contributed by atoms with van der Waals surface area (Å²) >= 11 is 0. The summed E-state index contributed by atoms with van der Waals surface area (Å²) < 4.78 is 26.1. The Balaban J connectivity index is 2.30. The van der Waals surface area contributed by atoms with Crippen molar-refractivity contribution in [1.82, 2.24) is 10.0 Å². The molecule has 1 unspecified atom stereocenters. The molecular weight excluding hydrogens is 260 g/mol. The molecule has 1 saturated heterocycles. The largest absolute Gasteiger partial charge is 0.317 e. The van der Waals surface area contributed by atoms with E-state index >= 15 is 0 Å². The molecule has 19 heavy (non-hydrogen) atoms. The molecular formula is C14H22N2O2S. The van der Waals surface area contributed by atoms with Gasteiger partial charge in [-0.25, -0.2) is 13.1 Å². The van der Waals surface area contributed by atoms with E-state index in [0.717, 1.165) is 37.1 Å². The second-order valence-electron chi connectivity index (χ2n) is 5.31. The molecule has 106 valence electrons. The van der Waals surface area contributed by atoms with Gasteiger partial charge in [0.15, 0.2) is 0 Å². The molecule has 0 spiro atoms. The first-order valence-electron chi connectivity index (χ1n) is 6.71. The molecule has 1 aromatic carbocycles. The Bertz CT molecular complexity index is 522. The predicted molar refractivity (Wildman–Crippen MR) is 77.5 cm³/mol. The molecule has 0 aliphatic carbocycles. The highest BCUT2D eigenvalue weighted by Crippen LogP contribution is 2.31. The van der Waals surface area contributed by atoms with E-state index in [4.69, 9.17) is 0 Å². The zero-order valence-electron chi connectivity index (χ0n) is 11.5. The van der Waals surface area contributed by atoms with E-state index < -0.39 is 10.0 Å². The summed E-state index contributed by atoms with van der Waals surface area (Å²) in [7, 11) is -3.21. The van der Waals surface area contributed by atoms with E-state index in [2.05, 4.69) is 10.0 Å². The monoisotopic (exact) mass is 282 g/mol. The maximum atomic E-state index is 11.6. The number of sulfonamides is 1. The Hall–Kier alpha value is -0.910. The molecule has 4 nitrogen and oxygen atoms in total. The Labute approximate surface area is 115 Å². The van der Waals surface area contributed by atoms with Crippen LogP contribution in [0.2, 0.25) is 0 Å². The number of benzene rings is 1. The zero-order valence-corrected chi connectivity index (χ0v) is 12.3. The Morgan fingerprint density at radius 1 is 1.26 bits per heavy atom. The van der Waals surface area contributed by atoms with Gasteiger partial charge in [-0.3, -0.25) is 0 Å². The highest BCUT2D eigenvalue weighted by Gasteiger charge is 2.28. The quantitative estimate of drug-likeness (QED) is 0.881. The van der Waals surface area contributed by atoms with Gasteiger partial charge in [-0.1, -0.05) is 24.3 Å². The molecule has 0 amide bonds. The highest BCUT2D eigenvalue weighted by molar-refractivity contribution is 7.88. The second-order valence-corrected chi connectivity index (χ2v) is 7.09. The topological polar surface area (TPSA) is 58.2 Å². The molecule has 1 aromatic rings. The molecule has 1 atom stereocenters. The maximum Gasteiger partial charge on any atom is 0.209 e. The lowest BCUT2D eigenvalue weighted by molar-refractivity contribution is 0.306. The third kappa shape index (κ3) is 4.03. The molecule has 0 bridgehead atoms. The summed E-state index contributed by atoms with van der Waals surface area (Å²) in [4.78, 5) is 0. The maximum absolute atomic E-state index is 11.6. The molecule has 2 rings (SSSR count). The van der Waals surface area contributed by atoms with Crippen LogP contribution in [-0.2, 0) is 10.0 Å². The molecule has 0 radical (unpaired) electrons. The van der Waals surface area contributed by atoms with Gasteiger partial charge in [0.05, 0.1) is 6.26 Å². The normalized spacial score (nSPS) is 19.3. The van der Waals surface area contributed by atoms with Crippen molar-refractivity contribution < 1.29 is 8.42 Å². The van der Waals surface area contributed by atoms with Gasteiger partial charge >= 0.3 is 0 Å². The molecule has 1 aliphatic rings. The molecule has 1 heterocycles. The van der Waals surface area contributed by atoms with E-state index in [1.807, 2.05) is 31.2 Å². The Morgan fingerprint density at radius 3 is 2.47 bits per heavy atom. The number of rotatable bonds is 4. The number of aryl methyl sites for hydroxylation is 1. The third-order valence-corrected chi connectivity index (χ3v) is 4.40. The predicted octanol–water partition coefficient (Wildman–Crippen LogP) is 1.58. The first-order valence-corrected chi connectivity index (χ1v) is 8.60. The molecule has 2 N–H and O–H groups in total. The van der Waals surface area contributed by atoms with E-state index in [1.54, 1.807) is 0 Å². The van der Waals surface area contributed by atoms with Crippen molar-refractivity contribution in [3.63, 3.8) is 0 Å². The average Bonchev–Trinajstić information content (AvgIpc) is 2.37. The van der Waals surface area contributed by atoms with Crippen molar-refractivity contribution in [2.45, 2.75) is 25.8 Å². The van der Waals surface area contributed by atoms with Gasteiger partial charge in [0, 0.05) is 6.04 Å². The minimum Gasteiger partial charge on any atom is -0.317 e. The molecule has 5 heteroatoms. The van der Waals surface area contributed by atoms with Crippen molar-refractivity contribution in [3.8, 4) is 0 Å². The minimum absolute atomic E-state index is 0.113. The van der Waals surface area contributed by atoms with Crippen molar-refractivity contribution in [3.05, 3.63) is 35.4 Å². The standard InChI is InChI=1S/C14H22N2O2S/c1-11-5-3-4-6-13(11)14(16-19(2,17)18)12-7-9-15-10-8-12/h3-6,12,14-16H,7-10H2,1-2H3. The fourth-order valence-corrected chi connectivity index (χ4v) is 3.54. The van der Waals surface area contributed by atoms with Crippen LogP contribution in [-0.4, -0.2) is 27.8 Å². The number of hydrogen-bond donors (Lipinski definition) is 2. The Morgan fingerprint density at radius 2 is 1.89 bits per heavy atom. The van der Waals surface area contributed by atoms with Crippen LogP contribution in [0.25, 0.3) is 0 Å². The average molecular weight is 282 g/mol. The lowest BCUT2D eigenvalue weighted by Crippen LogP contribution is -2.38. The van der Waals surface area contributed by atoms with Gasteiger partial charge in [0.25, 0.3) is 0 Å². The van der Waals surface area contributed by atoms with Gasteiger partial charge < -0.3 is 5.32 Å².